The summed E-state index contributed by atoms with van der Waals surface area (Å²) in [6, 6.07) is 9.65. The second-order valence-corrected chi connectivity index (χ2v) is 5.52. The maximum Gasteiger partial charge on any atom is 0.410 e. The average Bonchev–Trinajstić information content (AvgIpc) is 2.60. The molecule has 23 heavy (non-hydrogen) atoms. The first-order valence-electron chi connectivity index (χ1n) is 7.84. The van der Waals surface area contributed by atoms with Crippen molar-refractivity contribution in [3.05, 3.63) is 46.3 Å². The van der Waals surface area contributed by atoms with Crippen molar-refractivity contribution < 1.29 is 14.3 Å². The van der Waals surface area contributed by atoms with Crippen LogP contribution in [0.3, 0.4) is 0 Å². The minimum absolute atomic E-state index is 0.271. The molecular formula is C16H22N4O3. The summed E-state index contributed by atoms with van der Waals surface area (Å²) in [6.45, 7) is 3.00. The van der Waals surface area contributed by atoms with Gasteiger partial charge in [0.1, 0.15) is 6.61 Å². The zero-order valence-electron chi connectivity index (χ0n) is 13.1. The Morgan fingerprint density at radius 2 is 2.22 bits per heavy atom. The Hall–Kier alpha value is -2.24. The average molecular weight is 318 g/mol. The van der Waals surface area contributed by atoms with Crippen LogP contribution in [0.4, 0.5) is 4.79 Å². The van der Waals surface area contributed by atoms with Gasteiger partial charge in [-0.1, -0.05) is 35.4 Å². The third-order valence-corrected chi connectivity index (χ3v) is 3.73. The second kappa shape index (κ2) is 9.71. The van der Waals surface area contributed by atoms with E-state index in [1.807, 2.05) is 30.3 Å². The predicted octanol–water partition coefficient (Wildman–Crippen LogP) is 3.36. The molecule has 1 fully saturated rings. The van der Waals surface area contributed by atoms with Crippen molar-refractivity contribution in [2.75, 3.05) is 32.8 Å². The van der Waals surface area contributed by atoms with Crippen LogP contribution in [-0.4, -0.2) is 43.8 Å². The van der Waals surface area contributed by atoms with E-state index < -0.39 is 0 Å². The first kappa shape index (κ1) is 17.1. The molecule has 0 bridgehead atoms. The minimum atomic E-state index is -0.271. The molecule has 1 aromatic rings. The molecule has 0 radical (unpaired) electrons. The number of benzene rings is 1. The summed E-state index contributed by atoms with van der Waals surface area (Å²) in [7, 11) is 0. The SMILES string of the molecule is [N-]=[N+]=NCCOCC1CCCN(C(=O)OCc2ccccc2)C1. The maximum atomic E-state index is 12.1. The molecule has 1 amide bonds. The Labute approximate surface area is 135 Å². The van der Waals surface area contributed by atoms with Crippen LogP contribution in [0.25, 0.3) is 10.4 Å². The van der Waals surface area contributed by atoms with Gasteiger partial charge in [-0.25, -0.2) is 4.79 Å². The predicted molar refractivity (Wildman–Crippen MR) is 85.8 cm³/mol. The van der Waals surface area contributed by atoms with Gasteiger partial charge in [0, 0.05) is 30.5 Å². The first-order valence-corrected chi connectivity index (χ1v) is 7.84. The van der Waals surface area contributed by atoms with Gasteiger partial charge < -0.3 is 14.4 Å². The lowest BCUT2D eigenvalue weighted by Crippen LogP contribution is -2.41. The van der Waals surface area contributed by atoms with Crippen LogP contribution in [0.1, 0.15) is 18.4 Å². The first-order chi connectivity index (χ1) is 11.3. The van der Waals surface area contributed by atoms with Crippen LogP contribution >= 0.6 is 0 Å². The molecule has 0 aromatic heterocycles. The van der Waals surface area contributed by atoms with Crippen molar-refractivity contribution in [3.63, 3.8) is 0 Å². The van der Waals surface area contributed by atoms with Crippen LogP contribution in [0.15, 0.2) is 35.4 Å². The van der Waals surface area contributed by atoms with Gasteiger partial charge in [0.2, 0.25) is 0 Å². The lowest BCUT2D eigenvalue weighted by molar-refractivity contribution is 0.0482. The van der Waals surface area contributed by atoms with E-state index in [4.69, 9.17) is 15.0 Å². The fourth-order valence-corrected chi connectivity index (χ4v) is 2.58. The van der Waals surface area contributed by atoms with Gasteiger partial charge in [0.05, 0.1) is 13.2 Å². The van der Waals surface area contributed by atoms with Crippen LogP contribution in [-0.2, 0) is 16.1 Å². The van der Waals surface area contributed by atoms with Crippen molar-refractivity contribution in [2.45, 2.75) is 19.4 Å². The number of likely N-dealkylation sites (tertiary alicyclic amines) is 1. The molecule has 1 heterocycles. The van der Waals surface area contributed by atoms with Gasteiger partial charge in [-0.15, -0.1) is 0 Å². The zero-order valence-corrected chi connectivity index (χ0v) is 13.1. The quantitative estimate of drug-likeness (QED) is 0.334. The number of carbonyl (C=O) groups excluding carboxylic acids is 1. The normalized spacial score (nSPS) is 17.4. The number of amides is 1. The van der Waals surface area contributed by atoms with Gasteiger partial charge in [-0.05, 0) is 23.9 Å². The number of hydrogen-bond acceptors (Lipinski definition) is 4. The topological polar surface area (TPSA) is 87.5 Å². The molecule has 124 valence electrons. The molecule has 1 aliphatic heterocycles. The molecule has 1 unspecified atom stereocenters. The van der Waals surface area contributed by atoms with E-state index in [2.05, 4.69) is 10.0 Å². The van der Waals surface area contributed by atoms with Gasteiger partial charge in [-0.2, -0.15) is 0 Å². The number of ether oxygens (including phenoxy) is 2. The highest BCUT2D eigenvalue weighted by Crippen LogP contribution is 2.18. The number of nitrogens with zero attached hydrogens (tertiary/aromatic N) is 4. The Balaban J connectivity index is 1.69. The Morgan fingerprint density at radius 1 is 1.39 bits per heavy atom. The van der Waals surface area contributed by atoms with E-state index in [0.717, 1.165) is 24.9 Å². The smallest absolute Gasteiger partial charge is 0.410 e. The molecule has 1 aliphatic rings. The molecule has 1 aromatic carbocycles. The lowest BCUT2D eigenvalue weighted by atomic mass is 9.99. The highest BCUT2D eigenvalue weighted by molar-refractivity contribution is 5.67. The van der Waals surface area contributed by atoms with Gasteiger partial charge in [0.25, 0.3) is 0 Å². The van der Waals surface area contributed by atoms with Crippen molar-refractivity contribution in [3.8, 4) is 0 Å². The van der Waals surface area contributed by atoms with E-state index in [0.29, 0.717) is 38.8 Å². The molecule has 0 saturated carbocycles. The van der Waals surface area contributed by atoms with Crippen LogP contribution in [0.5, 0.6) is 0 Å². The molecule has 1 saturated heterocycles. The van der Waals surface area contributed by atoms with Crippen molar-refractivity contribution >= 4 is 6.09 Å². The number of carbonyl (C=O) groups is 1. The summed E-state index contributed by atoms with van der Waals surface area (Å²) in [5.41, 5.74) is 9.17. The molecule has 0 aliphatic carbocycles. The van der Waals surface area contributed by atoms with Crippen molar-refractivity contribution in [1.29, 1.82) is 0 Å². The third-order valence-electron chi connectivity index (χ3n) is 3.73. The van der Waals surface area contributed by atoms with E-state index in [1.165, 1.54) is 0 Å². The summed E-state index contributed by atoms with van der Waals surface area (Å²) >= 11 is 0. The third kappa shape index (κ3) is 6.18. The number of rotatable bonds is 7. The van der Waals surface area contributed by atoms with Crippen LogP contribution < -0.4 is 0 Å². The molecular weight excluding hydrogens is 296 g/mol. The number of piperidine rings is 1. The second-order valence-electron chi connectivity index (χ2n) is 5.52. The summed E-state index contributed by atoms with van der Waals surface area (Å²) in [5, 5.41) is 3.42. The monoisotopic (exact) mass is 318 g/mol. The minimum Gasteiger partial charge on any atom is -0.445 e. The summed E-state index contributed by atoms with van der Waals surface area (Å²) in [4.78, 5) is 16.6. The van der Waals surface area contributed by atoms with E-state index in [9.17, 15) is 4.79 Å². The molecule has 1 atom stereocenters. The Kier molecular flexibility index (Phi) is 7.23. The summed E-state index contributed by atoms with van der Waals surface area (Å²) in [5.74, 6) is 0.305. The molecule has 0 N–H and O–H groups in total. The van der Waals surface area contributed by atoms with E-state index in [-0.39, 0.29) is 6.09 Å². The summed E-state index contributed by atoms with van der Waals surface area (Å²) < 4.78 is 10.9. The van der Waals surface area contributed by atoms with Crippen molar-refractivity contribution in [1.82, 2.24) is 4.90 Å². The molecule has 7 nitrogen and oxygen atoms in total. The van der Waals surface area contributed by atoms with Gasteiger partial charge in [0.15, 0.2) is 0 Å². The molecule has 0 spiro atoms. The highest BCUT2D eigenvalue weighted by Gasteiger charge is 2.24. The molecule has 7 heteroatoms. The van der Waals surface area contributed by atoms with E-state index in [1.54, 1.807) is 4.90 Å². The summed E-state index contributed by atoms with van der Waals surface area (Å²) in [6.07, 6.45) is 1.71. The van der Waals surface area contributed by atoms with Crippen molar-refractivity contribution in [2.24, 2.45) is 11.0 Å². The van der Waals surface area contributed by atoms with Gasteiger partial charge in [-0.3, -0.25) is 0 Å². The highest BCUT2D eigenvalue weighted by atomic mass is 16.6. The fourth-order valence-electron chi connectivity index (χ4n) is 2.58. The van der Waals surface area contributed by atoms with E-state index >= 15 is 0 Å². The Morgan fingerprint density at radius 3 is 3.00 bits per heavy atom. The van der Waals surface area contributed by atoms with Gasteiger partial charge >= 0.3 is 6.09 Å². The zero-order chi connectivity index (χ0) is 16.3. The fraction of sp³-hybridized carbons (Fsp3) is 0.562. The molecule has 2 rings (SSSR count). The lowest BCUT2D eigenvalue weighted by Gasteiger charge is -2.31. The van der Waals surface area contributed by atoms with Crippen LogP contribution in [0.2, 0.25) is 0 Å². The number of azide groups is 1. The number of hydrogen-bond donors (Lipinski definition) is 0. The van der Waals surface area contributed by atoms with Crippen LogP contribution in [0, 0.1) is 5.92 Å². The largest absolute Gasteiger partial charge is 0.445 e. The standard InChI is InChI=1S/C16H22N4O3/c17-19-18-8-10-22-12-15-7-4-9-20(11-15)16(21)23-13-14-5-2-1-3-6-14/h1-3,5-6,15H,4,7-13H2. The maximum absolute atomic E-state index is 12.1. The Bertz CT molecular complexity index is 531.